The number of thiol groups is 2. The number of anilines is 1. The first-order valence-electron chi connectivity index (χ1n) is 5.65. The van der Waals surface area contributed by atoms with Crippen molar-refractivity contribution in [3.8, 4) is 5.75 Å². The molecule has 6 N–H and O–H groups in total. The van der Waals surface area contributed by atoms with Crippen LogP contribution in [0.2, 0.25) is 0 Å². The van der Waals surface area contributed by atoms with Gasteiger partial charge in [0.2, 0.25) is 0 Å². The Labute approximate surface area is 156 Å². The predicted molar refractivity (Wildman–Crippen MR) is 104 cm³/mol. The molecule has 0 bridgehead atoms. The molecule has 0 aliphatic carbocycles. The van der Waals surface area contributed by atoms with Crippen molar-refractivity contribution in [2.75, 3.05) is 12.3 Å². The van der Waals surface area contributed by atoms with E-state index < -0.39 is 12.0 Å². The number of phenolic OH excluding ortho intramolecular Hbond substituents is 1. The first kappa shape index (κ1) is 19.3. The summed E-state index contributed by atoms with van der Waals surface area (Å²) in [5, 5.41) is 25.0. The number of carboxylic acid groups (broad SMARTS) is 1. The van der Waals surface area contributed by atoms with Gasteiger partial charge in [0.15, 0.2) is 0 Å². The Bertz CT molecular complexity index is 641. The molecule has 11 heteroatoms. The lowest BCUT2D eigenvalue weighted by Gasteiger charge is -2.23. The third-order valence-corrected chi connectivity index (χ3v) is 3.87. The van der Waals surface area contributed by atoms with Crippen molar-refractivity contribution in [2.45, 2.75) is 6.04 Å². The summed E-state index contributed by atoms with van der Waals surface area (Å²) in [6, 6.07) is 0.747. The number of phenols is 1. The Hall–Kier alpha value is -0.750. The highest BCUT2D eigenvalue weighted by molar-refractivity contribution is 9.10. The van der Waals surface area contributed by atoms with Gasteiger partial charge in [0.1, 0.15) is 14.4 Å². The zero-order chi connectivity index (χ0) is 17.0. The molecule has 0 aromatic heterocycles. The smallest absolute Gasteiger partial charge is 0.337 e. The summed E-state index contributed by atoms with van der Waals surface area (Å²) in [5.41, 5.74) is 5.56. The van der Waals surface area contributed by atoms with E-state index in [0.29, 0.717) is 10.0 Å². The molecule has 6 nitrogen and oxygen atoms in total. The fraction of sp³-hybridized carbons (Fsp3) is 0.182. The van der Waals surface area contributed by atoms with E-state index in [1.807, 2.05) is 0 Å². The summed E-state index contributed by atoms with van der Waals surface area (Å²) in [5.74, 6) is -1.61. The van der Waals surface area contributed by atoms with Gasteiger partial charge in [-0.05, 0) is 6.07 Å². The lowest BCUT2D eigenvalue weighted by Crippen LogP contribution is -2.34. The van der Waals surface area contributed by atoms with E-state index in [2.05, 4.69) is 51.8 Å². The van der Waals surface area contributed by atoms with Crippen LogP contribution in [0.4, 0.5) is 5.69 Å². The number of aromatic hydroxyl groups is 1. The first-order chi connectivity index (χ1) is 10.1. The molecule has 120 valence electrons. The maximum absolute atomic E-state index is 11.1. The maximum Gasteiger partial charge on any atom is 0.337 e. The SMILES string of the molecule is Nc1c(C(=O)O)cc(Br)c(C(CNC(=S)S)NC(=S)S)c1O. The minimum absolute atomic E-state index is 0.184. The summed E-state index contributed by atoms with van der Waals surface area (Å²) in [7, 11) is 0. The van der Waals surface area contributed by atoms with E-state index in [-0.39, 0.29) is 32.2 Å². The summed E-state index contributed by atoms with van der Waals surface area (Å²) in [6.07, 6.45) is 0. The highest BCUT2D eigenvalue weighted by Gasteiger charge is 2.24. The van der Waals surface area contributed by atoms with Gasteiger partial charge in [-0.2, -0.15) is 0 Å². The van der Waals surface area contributed by atoms with E-state index in [9.17, 15) is 9.90 Å². The summed E-state index contributed by atoms with van der Waals surface area (Å²) in [4.78, 5) is 11.1. The number of nitrogens with one attached hydrogen (secondary N) is 2. The molecular weight excluding hydrogens is 430 g/mol. The van der Waals surface area contributed by atoms with Crippen molar-refractivity contribution in [1.29, 1.82) is 0 Å². The Morgan fingerprint density at radius 3 is 2.45 bits per heavy atom. The molecule has 1 atom stereocenters. The zero-order valence-corrected chi connectivity index (χ0v) is 15.8. The van der Waals surface area contributed by atoms with Gasteiger partial charge in [-0.15, -0.1) is 25.3 Å². The number of benzene rings is 1. The molecule has 1 unspecified atom stereocenters. The third-order valence-electron chi connectivity index (χ3n) is 2.66. The van der Waals surface area contributed by atoms with E-state index in [1.165, 1.54) is 6.07 Å². The molecular formula is C11H12BrN3O3S4. The Kier molecular flexibility index (Phi) is 7.19. The molecule has 0 saturated heterocycles. The molecule has 0 heterocycles. The van der Waals surface area contributed by atoms with Crippen LogP contribution in [0.25, 0.3) is 0 Å². The van der Waals surface area contributed by atoms with Gasteiger partial charge in [-0.1, -0.05) is 40.4 Å². The Balaban J connectivity index is 3.34. The highest BCUT2D eigenvalue weighted by Crippen LogP contribution is 2.38. The molecule has 0 aliphatic heterocycles. The average Bonchev–Trinajstić information content (AvgIpc) is 2.39. The number of thiocarbonyl (C=S) groups is 2. The van der Waals surface area contributed by atoms with Crippen molar-refractivity contribution in [2.24, 2.45) is 0 Å². The molecule has 1 rings (SSSR count). The van der Waals surface area contributed by atoms with Crippen LogP contribution in [0.15, 0.2) is 10.5 Å². The van der Waals surface area contributed by atoms with Gasteiger partial charge < -0.3 is 26.6 Å². The molecule has 0 radical (unpaired) electrons. The second-order valence-corrected chi connectivity index (χ2v) is 7.25. The number of halogens is 1. The molecule has 0 spiro atoms. The molecule has 0 amide bonds. The van der Waals surface area contributed by atoms with Gasteiger partial charge >= 0.3 is 5.97 Å². The first-order valence-corrected chi connectivity index (χ1v) is 8.15. The summed E-state index contributed by atoms with van der Waals surface area (Å²) >= 11 is 20.9. The van der Waals surface area contributed by atoms with Crippen LogP contribution < -0.4 is 16.4 Å². The van der Waals surface area contributed by atoms with E-state index in [0.717, 1.165) is 0 Å². The van der Waals surface area contributed by atoms with Crippen LogP contribution >= 0.6 is 65.6 Å². The van der Waals surface area contributed by atoms with E-state index in [1.54, 1.807) is 0 Å². The molecule has 1 aromatic carbocycles. The van der Waals surface area contributed by atoms with Crippen LogP contribution in [0, 0.1) is 0 Å². The number of hydrogen-bond acceptors (Lipinski definition) is 5. The Morgan fingerprint density at radius 1 is 1.41 bits per heavy atom. The van der Waals surface area contributed by atoms with Gasteiger partial charge in [-0.3, -0.25) is 0 Å². The summed E-state index contributed by atoms with van der Waals surface area (Å²) in [6.45, 7) is 0.223. The lowest BCUT2D eigenvalue weighted by molar-refractivity contribution is 0.0697. The fourth-order valence-electron chi connectivity index (χ4n) is 1.74. The van der Waals surface area contributed by atoms with Crippen molar-refractivity contribution < 1.29 is 15.0 Å². The normalized spacial score (nSPS) is 11.6. The van der Waals surface area contributed by atoms with Gasteiger partial charge in [-0.25, -0.2) is 4.79 Å². The number of carboxylic acids is 1. The minimum atomic E-state index is -1.25. The van der Waals surface area contributed by atoms with Gasteiger partial charge in [0.05, 0.1) is 17.3 Å². The number of hydrogen-bond donors (Lipinski definition) is 7. The lowest BCUT2D eigenvalue weighted by atomic mass is 10.0. The molecule has 0 aliphatic rings. The zero-order valence-electron chi connectivity index (χ0n) is 10.8. The quantitative estimate of drug-likeness (QED) is 0.161. The fourth-order valence-corrected chi connectivity index (χ4v) is 2.91. The summed E-state index contributed by atoms with van der Waals surface area (Å²) < 4.78 is 0.789. The van der Waals surface area contributed by atoms with E-state index >= 15 is 0 Å². The predicted octanol–water partition coefficient (Wildman–Crippen LogP) is 2.08. The Morgan fingerprint density at radius 2 is 2.00 bits per heavy atom. The number of rotatable bonds is 5. The van der Waals surface area contributed by atoms with Gasteiger partial charge in [0, 0.05) is 16.6 Å². The number of nitrogen functional groups attached to an aromatic ring is 1. The maximum atomic E-state index is 11.1. The highest BCUT2D eigenvalue weighted by atomic mass is 79.9. The second kappa shape index (κ2) is 8.20. The van der Waals surface area contributed by atoms with Gasteiger partial charge in [0.25, 0.3) is 0 Å². The van der Waals surface area contributed by atoms with Crippen LogP contribution in [0.1, 0.15) is 22.0 Å². The van der Waals surface area contributed by atoms with E-state index in [4.69, 9.17) is 35.3 Å². The van der Waals surface area contributed by atoms with Crippen LogP contribution in [0.5, 0.6) is 5.75 Å². The van der Waals surface area contributed by atoms with Crippen LogP contribution in [0.3, 0.4) is 0 Å². The van der Waals surface area contributed by atoms with Crippen molar-refractivity contribution in [1.82, 2.24) is 10.6 Å². The van der Waals surface area contributed by atoms with Crippen molar-refractivity contribution in [3.63, 3.8) is 0 Å². The molecule has 22 heavy (non-hydrogen) atoms. The van der Waals surface area contributed by atoms with Crippen molar-refractivity contribution in [3.05, 3.63) is 21.7 Å². The topological polar surface area (TPSA) is 108 Å². The average molecular weight is 442 g/mol. The molecule has 1 aromatic rings. The largest absolute Gasteiger partial charge is 0.505 e. The number of nitrogens with two attached hydrogens (primary N) is 1. The minimum Gasteiger partial charge on any atom is -0.505 e. The number of carbonyl (C=O) groups is 1. The molecule has 0 fully saturated rings. The monoisotopic (exact) mass is 441 g/mol. The third kappa shape index (κ3) is 4.88. The molecule has 0 saturated carbocycles. The second-order valence-electron chi connectivity index (χ2n) is 4.08. The van der Waals surface area contributed by atoms with Crippen LogP contribution in [-0.4, -0.2) is 31.4 Å². The van der Waals surface area contributed by atoms with Crippen LogP contribution in [-0.2, 0) is 0 Å². The van der Waals surface area contributed by atoms with Crippen molar-refractivity contribution >= 4 is 85.9 Å². The number of aromatic carboxylic acids is 1. The standard InChI is InChI=1S/C11H12BrN3O3S4/c12-4-1-3(9(17)18)7(13)8(16)6(4)5(15-11(21)22)2-14-10(19)20/h1,5,16H,2,13H2,(H,17,18)(H2,14,19,20)(H2,15,21,22).